The van der Waals surface area contributed by atoms with Gasteiger partial charge in [0.05, 0.1) is 7.11 Å². The molecule has 0 amide bonds. The second kappa shape index (κ2) is 6.14. The van der Waals surface area contributed by atoms with Gasteiger partial charge in [-0.15, -0.1) is 0 Å². The predicted molar refractivity (Wildman–Crippen MR) is 94.8 cm³/mol. The summed E-state index contributed by atoms with van der Waals surface area (Å²) in [7, 11) is -2.83. The molecule has 0 aliphatic rings. The molecule has 0 saturated heterocycles. The molecule has 0 aliphatic heterocycles. The van der Waals surface area contributed by atoms with E-state index in [-0.39, 0.29) is 4.90 Å². The Kier molecular flexibility index (Phi) is 4.17. The van der Waals surface area contributed by atoms with Crippen LogP contribution in [-0.2, 0) is 10.1 Å². The maximum absolute atomic E-state index is 11.6. The SMILES string of the molecule is COc1c(C)c(S(=O)(=O)O)cc2ccc(Nc3ccccc3)cc12. The van der Waals surface area contributed by atoms with Crippen LogP contribution in [0.5, 0.6) is 5.75 Å². The van der Waals surface area contributed by atoms with Crippen LogP contribution in [0.1, 0.15) is 5.56 Å². The van der Waals surface area contributed by atoms with Crippen LogP contribution in [0.3, 0.4) is 0 Å². The van der Waals surface area contributed by atoms with Crippen molar-refractivity contribution in [3.63, 3.8) is 0 Å². The van der Waals surface area contributed by atoms with Crippen LogP contribution in [-0.4, -0.2) is 20.1 Å². The monoisotopic (exact) mass is 343 g/mol. The van der Waals surface area contributed by atoms with E-state index in [4.69, 9.17) is 4.74 Å². The molecule has 24 heavy (non-hydrogen) atoms. The zero-order valence-electron chi connectivity index (χ0n) is 13.3. The highest BCUT2D eigenvalue weighted by atomic mass is 32.2. The van der Waals surface area contributed by atoms with Crippen LogP contribution < -0.4 is 10.1 Å². The maximum Gasteiger partial charge on any atom is 0.294 e. The molecule has 0 saturated carbocycles. The lowest BCUT2D eigenvalue weighted by molar-refractivity contribution is 0.414. The molecule has 0 fully saturated rings. The third kappa shape index (κ3) is 3.06. The van der Waals surface area contributed by atoms with Crippen LogP contribution in [0.4, 0.5) is 11.4 Å². The van der Waals surface area contributed by atoms with Gasteiger partial charge in [-0.25, -0.2) is 0 Å². The van der Waals surface area contributed by atoms with Crippen molar-refractivity contribution in [2.24, 2.45) is 0 Å². The molecule has 0 aromatic heterocycles. The number of hydrogen-bond donors (Lipinski definition) is 2. The minimum Gasteiger partial charge on any atom is -0.496 e. The number of benzene rings is 3. The number of para-hydroxylation sites is 1. The van der Waals surface area contributed by atoms with E-state index in [2.05, 4.69) is 5.32 Å². The molecule has 6 heteroatoms. The first-order chi connectivity index (χ1) is 11.4. The summed E-state index contributed by atoms with van der Waals surface area (Å²) >= 11 is 0. The number of anilines is 2. The summed E-state index contributed by atoms with van der Waals surface area (Å²) < 4.78 is 37.9. The number of hydrogen-bond acceptors (Lipinski definition) is 4. The fourth-order valence-electron chi connectivity index (χ4n) is 2.74. The average Bonchev–Trinajstić information content (AvgIpc) is 2.54. The van der Waals surface area contributed by atoms with Gasteiger partial charge in [0.15, 0.2) is 0 Å². The Hall–Kier alpha value is -2.57. The third-order valence-electron chi connectivity index (χ3n) is 3.84. The van der Waals surface area contributed by atoms with Gasteiger partial charge in [-0.3, -0.25) is 4.55 Å². The Morgan fingerprint density at radius 2 is 1.71 bits per heavy atom. The molecule has 3 aromatic carbocycles. The normalized spacial score (nSPS) is 11.5. The highest BCUT2D eigenvalue weighted by Gasteiger charge is 2.19. The molecule has 0 heterocycles. The number of ether oxygens (including phenoxy) is 1. The molecule has 0 bridgehead atoms. The van der Waals surface area contributed by atoms with Gasteiger partial charge in [0, 0.05) is 22.3 Å². The van der Waals surface area contributed by atoms with Crippen LogP contribution in [0.25, 0.3) is 10.8 Å². The van der Waals surface area contributed by atoms with E-state index in [1.165, 1.54) is 13.2 Å². The first-order valence-electron chi connectivity index (χ1n) is 7.31. The number of fused-ring (bicyclic) bond motifs is 1. The summed E-state index contributed by atoms with van der Waals surface area (Å²) in [4.78, 5) is -0.143. The van der Waals surface area contributed by atoms with Crippen molar-refractivity contribution in [1.29, 1.82) is 0 Å². The molecular weight excluding hydrogens is 326 g/mol. The summed E-state index contributed by atoms with van der Waals surface area (Å²) in [5.74, 6) is 0.428. The summed E-state index contributed by atoms with van der Waals surface area (Å²) in [5.41, 5.74) is 2.18. The molecule has 2 N–H and O–H groups in total. The van der Waals surface area contributed by atoms with Gasteiger partial charge in [0.2, 0.25) is 0 Å². The molecule has 0 aliphatic carbocycles. The maximum atomic E-state index is 11.6. The zero-order chi connectivity index (χ0) is 17.3. The van der Waals surface area contributed by atoms with Gasteiger partial charge in [-0.05, 0) is 42.6 Å². The lowest BCUT2D eigenvalue weighted by Crippen LogP contribution is -2.03. The Balaban J connectivity index is 2.16. The molecular formula is C18H17NO4S. The fourth-order valence-corrected chi connectivity index (χ4v) is 3.49. The number of nitrogens with one attached hydrogen (secondary N) is 1. The van der Waals surface area contributed by atoms with Crippen LogP contribution in [0.2, 0.25) is 0 Å². The summed E-state index contributed by atoms with van der Waals surface area (Å²) in [5, 5.41) is 4.73. The topological polar surface area (TPSA) is 75.6 Å². The molecule has 124 valence electrons. The van der Waals surface area contributed by atoms with Crippen LogP contribution >= 0.6 is 0 Å². The molecule has 0 spiro atoms. The van der Waals surface area contributed by atoms with E-state index >= 15 is 0 Å². The van der Waals surface area contributed by atoms with E-state index < -0.39 is 10.1 Å². The Labute approximate surface area is 140 Å². The van der Waals surface area contributed by atoms with Gasteiger partial charge < -0.3 is 10.1 Å². The van der Waals surface area contributed by atoms with Gasteiger partial charge in [-0.1, -0.05) is 24.3 Å². The van der Waals surface area contributed by atoms with Crippen molar-refractivity contribution in [2.75, 3.05) is 12.4 Å². The molecule has 5 nitrogen and oxygen atoms in total. The highest BCUT2D eigenvalue weighted by molar-refractivity contribution is 7.85. The minimum absolute atomic E-state index is 0.143. The molecule has 3 aromatic rings. The van der Waals surface area contributed by atoms with Gasteiger partial charge in [0.25, 0.3) is 10.1 Å². The summed E-state index contributed by atoms with van der Waals surface area (Å²) in [6.45, 7) is 1.61. The van der Waals surface area contributed by atoms with Gasteiger partial charge in [-0.2, -0.15) is 8.42 Å². The van der Waals surface area contributed by atoms with Crippen LogP contribution in [0, 0.1) is 6.92 Å². The van der Waals surface area contributed by atoms with E-state index in [1.807, 2.05) is 42.5 Å². The standard InChI is InChI=1S/C18H17NO4S/c1-12-17(24(20,21)22)10-13-8-9-15(11-16(13)18(12)23-2)19-14-6-4-3-5-7-14/h3-11,19H,1-2H3,(H,20,21,22). The van der Waals surface area contributed by atoms with Crippen molar-refractivity contribution in [3.8, 4) is 5.75 Å². The predicted octanol–water partition coefficient (Wildman–Crippen LogP) is 4.15. The highest BCUT2D eigenvalue weighted by Crippen LogP contribution is 2.36. The van der Waals surface area contributed by atoms with Crippen molar-refractivity contribution >= 4 is 32.3 Å². The van der Waals surface area contributed by atoms with Crippen molar-refractivity contribution in [3.05, 3.63) is 60.2 Å². The van der Waals surface area contributed by atoms with Gasteiger partial charge >= 0.3 is 0 Å². The average molecular weight is 343 g/mol. The molecule has 0 radical (unpaired) electrons. The quantitative estimate of drug-likeness (QED) is 0.696. The van der Waals surface area contributed by atoms with E-state index in [9.17, 15) is 13.0 Å². The van der Waals surface area contributed by atoms with E-state index in [0.717, 1.165) is 16.8 Å². The van der Waals surface area contributed by atoms with Crippen LogP contribution in [0.15, 0.2) is 59.5 Å². The largest absolute Gasteiger partial charge is 0.496 e. The second-order valence-corrected chi connectivity index (χ2v) is 6.82. The van der Waals surface area contributed by atoms with E-state index in [0.29, 0.717) is 16.7 Å². The third-order valence-corrected chi connectivity index (χ3v) is 4.82. The smallest absolute Gasteiger partial charge is 0.294 e. The Bertz CT molecular complexity index is 998. The summed E-state index contributed by atoms with van der Waals surface area (Å²) in [6, 6.07) is 16.7. The van der Waals surface area contributed by atoms with Crippen molar-refractivity contribution < 1.29 is 17.7 Å². The molecule has 0 atom stereocenters. The van der Waals surface area contributed by atoms with Crippen molar-refractivity contribution in [2.45, 2.75) is 11.8 Å². The zero-order valence-corrected chi connectivity index (χ0v) is 14.1. The lowest BCUT2D eigenvalue weighted by Gasteiger charge is -2.14. The number of rotatable bonds is 4. The molecule has 3 rings (SSSR count). The fraction of sp³-hybridized carbons (Fsp3) is 0.111. The van der Waals surface area contributed by atoms with E-state index in [1.54, 1.807) is 13.0 Å². The second-order valence-electron chi connectivity index (χ2n) is 5.43. The first kappa shape index (κ1) is 16.3. The summed E-state index contributed by atoms with van der Waals surface area (Å²) in [6.07, 6.45) is 0. The molecule has 0 unspecified atom stereocenters. The Morgan fingerprint density at radius 1 is 1.00 bits per heavy atom. The number of methoxy groups -OCH3 is 1. The lowest BCUT2D eigenvalue weighted by atomic mass is 10.0. The van der Waals surface area contributed by atoms with Crippen molar-refractivity contribution in [1.82, 2.24) is 0 Å². The first-order valence-corrected chi connectivity index (χ1v) is 8.75. The van der Waals surface area contributed by atoms with Gasteiger partial charge in [0.1, 0.15) is 10.6 Å². The Morgan fingerprint density at radius 3 is 2.33 bits per heavy atom. The minimum atomic E-state index is -4.31.